The average molecular weight is 727 g/mol. The Labute approximate surface area is 224 Å². The Balaban J connectivity index is 0.000000913. The van der Waals surface area contributed by atoms with E-state index in [1.54, 1.807) is 8.07 Å². The average Bonchev–Trinajstić information content (AvgIpc) is 2.87. The molecule has 166 valence electrons. The maximum atomic E-state index is 2.32. The summed E-state index contributed by atoms with van der Waals surface area (Å²) in [5.41, 5.74) is 0. The van der Waals surface area contributed by atoms with Crippen LogP contribution >= 0.6 is 56.8 Å². The molecule has 0 spiro atoms. The van der Waals surface area contributed by atoms with Crippen molar-refractivity contribution in [2.75, 3.05) is 12.3 Å². The Kier molecular flexibility index (Phi) is 12.8. The first-order chi connectivity index (χ1) is 15.8. The predicted molar refractivity (Wildman–Crippen MR) is 163 cm³/mol. The smallest absolute Gasteiger partial charge is 0.0620 e. The van der Waals surface area contributed by atoms with E-state index in [0.717, 1.165) is 0 Å². The number of benzene rings is 4. The van der Waals surface area contributed by atoms with Crippen LogP contribution in [0.4, 0.5) is 0 Å². The summed E-state index contributed by atoms with van der Waals surface area (Å²) in [6.07, 6.45) is 3.84. The van der Waals surface area contributed by atoms with Gasteiger partial charge >= 0.3 is 49.0 Å². The van der Waals surface area contributed by atoms with Crippen molar-refractivity contribution in [1.82, 2.24) is 0 Å². The van der Waals surface area contributed by atoms with Gasteiger partial charge < -0.3 is 0 Å². The van der Waals surface area contributed by atoms with E-state index >= 15 is 0 Å². The van der Waals surface area contributed by atoms with Crippen molar-refractivity contribution in [2.45, 2.75) is 6.42 Å². The summed E-state index contributed by atoms with van der Waals surface area (Å²) in [5, 5.41) is 6.10. The van der Waals surface area contributed by atoms with Gasteiger partial charge in [0, 0.05) is 6.42 Å². The normalized spacial score (nSPS) is 10.8. The van der Waals surface area contributed by atoms with Crippen LogP contribution in [-0.2, 0) is 8.07 Å². The molecule has 0 heterocycles. The molecular weight excluding hydrogens is 699 g/mol. The van der Waals surface area contributed by atoms with E-state index in [2.05, 4.69) is 162 Å². The maximum Gasteiger partial charge on any atom is 0.0966 e. The molecule has 0 aromatic heterocycles. The minimum atomic E-state index is -0.742. The summed E-state index contributed by atoms with van der Waals surface area (Å²) in [6, 6.07) is 44.6. The first kappa shape index (κ1) is 26.3. The second-order valence-electron chi connectivity index (χ2n) is 7.32. The van der Waals surface area contributed by atoms with Crippen molar-refractivity contribution in [1.29, 1.82) is 0 Å². The van der Waals surface area contributed by atoms with Crippen LogP contribution in [-0.4, -0.2) is 12.3 Å². The molecule has 0 fully saturated rings. The van der Waals surface area contributed by atoms with Gasteiger partial charge in [-0.3, -0.25) is 0 Å². The fourth-order valence-electron chi connectivity index (χ4n) is 3.91. The van der Waals surface area contributed by atoms with Gasteiger partial charge in [-0.25, -0.2) is 0 Å². The molecule has 0 aliphatic rings. The molecule has 0 radical (unpaired) electrons. The third-order valence-corrected chi connectivity index (χ3v) is 11.2. The molecular formula is C27H28I2NiP2+4. The fourth-order valence-corrected chi connectivity index (χ4v) is 9.52. The molecule has 0 saturated carbocycles. The van der Waals surface area contributed by atoms with Gasteiger partial charge in [-0.05, 0) is 48.5 Å². The van der Waals surface area contributed by atoms with Gasteiger partial charge in [0.15, 0.2) is 0 Å². The Morgan fingerprint density at radius 3 is 0.875 bits per heavy atom. The molecule has 0 aliphatic heterocycles. The van der Waals surface area contributed by atoms with Crippen molar-refractivity contribution in [3.63, 3.8) is 0 Å². The molecule has 4 aromatic carbocycles. The van der Waals surface area contributed by atoms with E-state index in [-0.39, 0.29) is 0 Å². The molecule has 0 unspecified atom stereocenters. The van der Waals surface area contributed by atoms with Crippen LogP contribution in [0, 0.1) is 0 Å². The predicted octanol–water partition coefficient (Wildman–Crippen LogP) is 6.88. The SMILES string of the molecule is [I][Ni+2][I].c1ccc([PH+](CCC[PH+](c2ccccc2)c2ccccc2)c2ccccc2)cc1. The largest absolute Gasteiger partial charge is 0.0966 e. The quantitative estimate of drug-likeness (QED) is 0.106. The van der Waals surface area contributed by atoms with Crippen molar-refractivity contribution < 1.29 is 8.07 Å². The molecule has 4 rings (SSSR count). The van der Waals surface area contributed by atoms with Gasteiger partial charge in [0.2, 0.25) is 0 Å². The van der Waals surface area contributed by atoms with Crippen molar-refractivity contribution in [3.8, 4) is 0 Å². The minimum absolute atomic E-state index is 0.742. The minimum Gasteiger partial charge on any atom is -0.0620 e. The third kappa shape index (κ3) is 8.48. The van der Waals surface area contributed by atoms with Crippen LogP contribution in [0.25, 0.3) is 0 Å². The maximum absolute atomic E-state index is 2.32. The van der Waals surface area contributed by atoms with E-state index in [1.807, 2.05) is 0 Å². The Morgan fingerprint density at radius 1 is 0.438 bits per heavy atom. The second kappa shape index (κ2) is 15.6. The number of hydrogen-bond acceptors (Lipinski definition) is 0. The molecule has 0 nitrogen and oxygen atoms in total. The van der Waals surface area contributed by atoms with Gasteiger partial charge in [0.05, 0.1) is 49.4 Å². The molecule has 5 heteroatoms. The van der Waals surface area contributed by atoms with E-state index in [1.165, 1.54) is 40.0 Å². The molecule has 4 aromatic rings. The summed E-state index contributed by atoms with van der Waals surface area (Å²) in [5.74, 6) is 0. The zero-order valence-electron chi connectivity index (χ0n) is 17.7. The van der Waals surface area contributed by atoms with Crippen LogP contribution in [0.3, 0.4) is 0 Å². The molecule has 0 aliphatic carbocycles. The van der Waals surface area contributed by atoms with Crippen LogP contribution in [0.15, 0.2) is 121 Å². The summed E-state index contributed by atoms with van der Waals surface area (Å²) >= 11 is 4.43. The zero-order chi connectivity index (χ0) is 22.4. The molecule has 0 amide bonds. The zero-order valence-corrected chi connectivity index (χ0v) is 25.0. The van der Waals surface area contributed by atoms with E-state index in [0.29, 0.717) is 0 Å². The molecule has 32 heavy (non-hydrogen) atoms. The van der Waals surface area contributed by atoms with Crippen LogP contribution in [0.5, 0.6) is 0 Å². The molecule has 0 saturated heterocycles. The first-order valence-electron chi connectivity index (χ1n) is 10.6. The second-order valence-corrected chi connectivity index (χ2v) is 20.9. The summed E-state index contributed by atoms with van der Waals surface area (Å²) < 4.78 is 0. The topological polar surface area (TPSA) is 0 Å². The van der Waals surface area contributed by atoms with Gasteiger partial charge in [-0.1, -0.05) is 72.8 Å². The van der Waals surface area contributed by atoms with Gasteiger partial charge in [0.25, 0.3) is 0 Å². The van der Waals surface area contributed by atoms with Crippen LogP contribution in [0.2, 0.25) is 0 Å². The molecule has 0 N–H and O–H groups in total. The van der Waals surface area contributed by atoms with Gasteiger partial charge in [-0.15, -0.1) is 0 Å². The van der Waals surface area contributed by atoms with Crippen molar-refractivity contribution in [3.05, 3.63) is 121 Å². The van der Waals surface area contributed by atoms with Gasteiger partial charge in [-0.2, -0.15) is 0 Å². The number of rotatable bonds is 8. The van der Waals surface area contributed by atoms with Crippen LogP contribution in [0.1, 0.15) is 6.42 Å². The fraction of sp³-hybridized carbons (Fsp3) is 0.111. The number of halogens is 2. The van der Waals surface area contributed by atoms with Crippen LogP contribution < -0.4 is 21.2 Å². The van der Waals surface area contributed by atoms with Gasteiger partial charge in [0.1, 0.15) is 0 Å². The van der Waals surface area contributed by atoms with Crippen molar-refractivity contribution in [2.24, 2.45) is 0 Å². The molecule has 0 bridgehead atoms. The summed E-state index contributed by atoms with van der Waals surface area (Å²) in [6.45, 7) is 0. The Morgan fingerprint density at radius 2 is 0.656 bits per heavy atom. The summed E-state index contributed by atoms with van der Waals surface area (Å²) in [7, 11) is 0.0812. The number of hydrogen-bond donors (Lipinski definition) is 0. The molecule has 0 atom stereocenters. The monoisotopic (exact) mass is 726 g/mol. The standard InChI is InChI=1S/C27H26P2.2HI.Ni/c1-5-14-24(15-6-1)28(25-16-7-2-8-17-25)22-13-23-29(26-18-9-3-10-19-26)27-20-11-4-12-21-27;;;/h1-12,14-21H,13,22-23H2;2*1H;/q;;;+4. The van der Waals surface area contributed by atoms with E-state index in [4.69, 9.17) is 0 Å². The summed E-state index contributed by atoms with van der Waals surface area (Å²) in [4.78, 5) is 0. The van der Waals surface area contributed by atoms with Crippen molar-refractivity contribution >= 4 is 78.0 Å². The first-order valence-corrected chi connectivity index (χ1v) is 20.4. The third-order valence-electron chi connectivity index (χ3n) is 5.34. The Bertz CT molecular complexity index is 841. The van der Waals surface area contributed by atoms with E-state index < -0.39 is 15.8 Å². The van der Waals surface area contributed by atoms with E-state index in [9.17, 15) is 0 Å². The Hall–Kier alpha value is -0.306.